The second kappa shape index (κ2) is 6.86. The van der Waals surface area contributed by atoms with Gasteiger partial charge in [-0.2, -0.15) is 10.4 Å². The SMILES string of the molecule is N#Cc1ccc(/C=N\Nc2ccc(S(N)(=O)=O)cc2[N+](=O)[O-])cc1. The molecule has 0 aliphatic heterocycles. The van der Waals surface area contributed by atoms with Crippen molar-refractivity contribution >= 4 is 27.6 Å². The molecule has 0 aromatic heterocycles. The summed E-state index contributed by atoms with van der Waals surface area (Å²) in [6.07, 6.45) is 1.40. The minimum Gasteiger partial charge on any atom is -0.272 e. The fourth-order valence-corrected chi connectivity index (χ4v) is 2.29. The van der Waals surface area contributed by atoms with Crippen LogP contribution in [0.25, 0.3) is 0 Å². The van der Waals surface area contributed by atoms with Crippen molar-refractivity contribution in [2.45, 2.75) is 4.90 Å². The van der Waals surface area contributed by atoms with Crippen LogP contribution in [0.3, 0.4) is 0 Å². The van der Waals surface area contributed by atoms with E-state index in [-0.39, 0.29) is 10.6 Å². The summed E-state index contributed by atoms with van der Waals surface area (Å²) in [5.74, 6) is 0. The molecular weight excluding hydrogens is 334 g/mol. The molecule has 0 atom stereocenters. The first-order valence-electron chi connectivity index (χ1n) is 6.42. The lowest BCUT2D eigenvalue weighted by atomic mass is 10.2. The Kier molecular flexibility index (Phi) is 4.88. The lowest BCUT2D eigenvalue weighted by molar-refractivity contribution is -0.384. The summed E-state index contributed by atoms with van der Waals surface area (Å²) in [5.41, 5.74) is 3.18. The Balaban J connectivity index is 2.24. The van der Waals surface area contributed by atoms with E-state index in [4.69, 9.17) is 10.4 Å². The maximum Gasteiger partial charge on any atom is 0.295 e. The van der Waals surface area contributed by atoms with Crippen LogP contribution in [0.15, 0.2) is 52.5 Å². The Labute approximate surface area is 137 Å². The fourth-order valence-electron chi connectivity index (χ4n) is 1.75. The van der Waals surface area contributed by atoms with E-state index >= 15 is 0 Å². The van der Waals surface area contributed by atoms with Gasteiger partial charge in [0.1, 0.15) is 5.69 Å². The standard InChI is InChI=1S/C14H11N5O4S/c15-8-10-1-3-11(4-2-10)9-17-18-13-6-5-12(24(16,22)23)7-14(13)19(20)21/h1-7,9,18H,(H2,16,22,23)/b17-9-. The number of hydrazone groups is 1. The monoisotopic (exact) mass is 345 g/mol. The number of nitrogens with two attached hydrogens (primary N) is 1. The molecule has 2 rings (SSSR count). The number of nitriles is 1. The van der Waals surface area contributed by atoms with Crippen LogP contribution in [0.2, 0.25) is 0 Å². The summed E-state index contributed by atoms with van der Waals surface area (Å²) < 4.78 is 22.5. The van der Waals surface area contributed by atoms with Crippen molar-refractivity contribution in [1.29, 1.82) is 5.26 Å². The number of nitrogens with zero attached hydrogens (tertiary/aromatic N) is 3. The quantitative estimate of drug-likeness (QED) is 0.476. The molecule has 0 spiro atoms. The highest BCUT2D eigenvalue weighted by Crippen LogP contribution is 2.27. The van der Waals surface area contributed by atoms with Gasteiger partial charge in [0, 0.05) is 6.07 Å². The summed E-state index contributed by atoms with van der Waals surface area (Å²) >= 11 is 0. The van der Waals surface area contributed by atoms with Crippen LogP contribution < -0.4 is 10.6 Å². The van der Waals surface area contributed by atoms with Gasteiger partial charge in [-0.15, -0.1) is 0 Å². The Morgan fingerprint density at radius 1 is 1.25 bits per heavy atom. The zero-order valence-corrected chi connectivity index (χ0v) is 12.9. The number of nitro groups is 1. The third-order valence-corrected chi connectivity index (χ3v) is 3.84. The van der Waals surface area contributed by atoms with Gasteiger partial charge in [-0.05, 0) is 29.8 Å². The van der Waals surface area contributed by atoms with Gasteiger partial charge in [-0.1, -0.05) is 12.1 Å². The number of nitro benzene ring substituents is 1. The van der Waals surface area contributed by atoms with Gasteiger partial charge in [0.05, 0.1) is 27.7 Å². The number of benzene rings is 2. The van der Waals surface area contributed by atoms with Crippen molar-refractivity contribution in [1.82, 2.24) is 0 Å². The Morgan fingerprint density at radius 3 is 2.46 bits per heavy atom. The number of sulfonamides is 1. The summed E-state index contributed by atoms with van der Waals surface area (Å²) in [6, 6.07) is 11.7. The summed E-state index contributed by atoms with van der Waals surface area (Å²) in [5, 5.41) is 28.6. The molecule has 0 fully saturated rings. The van der Waals surface area contributed by atoms with E-state index in [0.717, 1.165) is 12.1 Å². The molecule has 0 bridgehead atoms. The van der Waals surface area contributed by atoms with Crippen LogP contribution in [0.1, 0.15) is 11.1 Å². The van der Waals surface area contributed by atoms with E-state index in [1.54, 1.807) is 24.3 Å². The van der Waals surface area contributed by atoms with E-state index in [1.807, 2.05) is 6.07 Å². The highest BCUT2D eigenvalue weighted by Gasteiger charge is 2.18. The first-order valence-corrected chi connectivity index (χ1v) is 7.96. The minimum atomic E-state index is -4.04. The van der Waals surface area contributed by atoms with E-state index in [2.05, 4.69) is 10.5 Å². The number of anilines is 1. The van der Waals surface area contributed by atoms with Crippen LogP contribution in [0, 0.1) is 21.4 Å². The van der Waals surface area contributed by atoms with Crippen molar-refractivity contribution < 1.29 is 13.3 Å². The first kappa shape index (κ1) is 17.1. The first-order chi connectivity index (χ1) is 11.3. The average Bonchev–Trinajstić information content (AvgIpc) is 2.54. The number of rotatable bonds is 5. The number of primary sulfonamides is 1. The molecule has 0 saturated carbocycles. The van der Waals surface area contributed by atoms with Crippen molar-refractivity contribution in [3.05, 3.63) is 63.7 Å². The summed E-state index contributed by atoms with van der Waals surface area (Å²) in [6.45, 7) is 0. The molecule has 0 heterocycles. The summed E-state index contributed by atoms with van der Waals surface area (Å²) in [4.78, 5) is 9.95. The lowest BCUT2D eigenvalue weighted by Gasteiger charge is -2.04. The predicted molar refractivity (Wildman–Crippen MR) is 86.8 cm³/mol. The molecule has 0 radical (unpaired) electrons. The molecule has 0 unspecified atom stereocenters. The van der Waals surface area contributed by atoms with E-state index in [1.165, 1.54) is 12.3 Å². The topological polar surface area (TPSA) is 151 Å². The van der Waals surface area contributed by atoms with Crippen molar-refractivity contribution in [3.8, 4) is 6.07 Å². The molecule has 3 N–H and O–H groups in total. The second-order valence-electron chi connectivity index (χ2n) is 4.58. The third-order valence-electron chi connectivity index (χ3n) is 2.93. The van der Waals surface area contributed by atoms with Crippen LogP contribution in [0.5, 0.6) is 0 Å². The fraction of sp³-hybridized carbons (Fsp3) is 0. The zero-order chi connectivity index (χ0) is 17.7. The Bertz CT molecular complexity index is 946. The molecule has 10 heteroatoms. The van der Waals surface area contributed by atoms with Crippen LogP contribution in [-0.4, -0.2) is 19.6 Å². The average molecular weight is 345 g/mol. The predicted octanol–water partition coefficient (Wildman–Crippen LogP) is 1.56. The lowest BCUT2D eigenvalue weighted by Crippen LogP contribution is -2.12. The zero-order valence-electron chi connectivity index (χ0n) is 12.1. The van der Waals surface area contributed by atoms with Gasteiger partial charge in [0.25, 0.3) is 5.69 Å². The second-order valence-corrected chi connectivity index (χ2v) is 6.15. The third kappa shape index (κ3) is 4.13. The molecule has 0 amide bonds. The number of hydrogen-bond donors (Lipinski definition) is 2. The maximum absolute atomic E-state index is 11.3. The molecular formula is C14H11N5O4S. The number of nitrogens with one attached hydrogen (secondary N) is 1. The van der Waals surface area contributed by atoms with Crippen molar-refractivity contribution in [2.24, 2.45) is 10.2 Å². The smallest absolute Gasteiger partial charge is 0.272 e. The molecule has 24 heavy (non-hydrogen) atoms. The van der Waals surface area contributed by atoms with Gasteiger partial charge in [0.15, 0.2) is 0 Å². The van der Waals surface area contributed by atoms with Crippen molar-refractivity contribution in [3.63, 3.8) is 0 Å². The molecule has 122 valence electrons. The number of hydrogen-bond acceptors (Lipinski definition) is 7. The maximum atomic E-state index is 11.3. The molecule has 2 aromatic carbocycles. The van der Waals surface area contributed by atoms with Gasteiger partial charge >= 0.3 is 0 Å². The van der Waals surface area contributed by atoms with Gasteiger partial charge < -0.3 is 0 Å². The molecule has 0 saturated heterocycles. The van der Waals surface area contributed by atoms with Crippen LogP contribution in [-0.2, 0) is 10.0 Å². The minimum absolute atomic E-state index is 0.0114. The largest absolute Gasteiger partial charge is 0.295 e. The highest BCUT2D eigenvalue weighted by molar-refractivity contribution is 7.89. The Morgan fingerprint density at radius 2 is 1.92 bits per heavy atom. The van der Waals surface area contributed by atoms with E-state index in [9.17, 15) is 18.5 Å². The Hall–Kier alpha value is -3.29. The van der Waals surface area contributed by atoms with Gasteiger partial charge in [0.2, 0.25) is 10.0 Å². The van der Waals surface area contributed by atoms with Crippen molar-refractivity contribution in [2.75, 3.05) is 5.43 Å². The molecule has 0 aliphatic rings. The van der Waals surface area contributed by atoms with Crippen LogP contribution >= 0.6 is 0 Å². The van der Waals surface area contributed by atoms with E-state index < -0.39 is 20.6 Å². The van der Waals surface area contributed by atoms with E-state index in [0.29, 0.717) is 11.1 Å². The van der Waals surface area contributed by atoms with Gasteiger partial charge in [-0.3, -0.25) is 15.5 Å². The van der Waals surface area contributed by atoms with Crippen LogP contribution in [0.4, 0.5) is 11.4 Å². The molecule has 9 nitrogen and oxygen atoms in total. The molecule has 2 aromatic rings. The highest BCUT2D eigenvalue weighted by atomic mass is 32.2. The van der Waals surface area contributed by atoms with Gasteiger partial charge in [-0.25, -0.2) is 13.6 Å². The molecule has 0 aliphatic carbocycles. The summed E-state index contributed by atoms with van der Waals surface area (Å²) in [7, 11) is -4.04. The normalized spacial score (nSPS) is 11.2.